The molecule has 0 saturated heterocycles. The third-order valence-electron chi connectivity index (χ3n) is 3.08. The Kier molecular flexibility index (Phi) is 5.86. The maximum atomic E-state index is 11.7. The molecule has 0 amide bonds. The summed E-state index contributed by atoms with van der Waals surface area (Å²) in [6.45, 7) is 10.1. The van der Waals surface area contributed by atoms with Crippen molar-refractivity contribution < 1.29 is 14.3 Å². The minimum Gasteiger partial charge on any atom is -0.435 e. The van der Waals surface area contributed by atoms with Crippen LogP contribution in [0.15, 0.2) is 12.2 Å². The molecule has 3 nitrogen and oxygen atoms in total. The molecule has 0 aromatic rings. The fraction of sp³-hybridized carbons (Fsp3) is 0.800. The SMILES string of the molecule is C=C(CC(C)(C)C)C(=O)OCOC1CCCCC1. The third-order valence-corrected chi connectivity index (χ3v) is 3.08. The number of hydrogen-bond acceptors (Lipinski definition) is 3. The number of esters is 1. The van der Waals surface area contributed by atoms with E-state index in [2.05, 4.69) is 27.4 Å². The summed E-state index contributed by atoms with van der Waals surface area (Å²) in [5.74, 6) is -0.333. The average molecular weight is 254 g/mol. The molecule has 0 radical (unpaired) electrons. The Hall–Kier alpha value is -0.830. The second-order valence-corrected chi connectivity index (χ2v) is 6.32. The first-order valence-electron chi connectivity index (χ1n) is 6.85. The van der Waals surface area contributed by atoms with Gasteiger partial charge in [-0.3, -0.25) is 0 Å². The highest BCUT2D eigenvalue weighted by atomic mass is 16.7. The molecule has 0 bridgehead atoms. The first-order chi connectivity index (χ1) is 8.38. The van der Waals surface area contributed by atoms with Crippen LogP contribution in [-0.4, -0.2) is 18.9 Å². The number of carbonyl (C=O) groups is 1. The van der Waals surface area contributed by atoms with Gasteiger partial charge in [-0.1, -0.05) is 46.6 Å². The van der Waals surface area contributed by atoms with Crippen molar-refractivity contribution >= 4 is 5.97 Å². The van der Waals surface area contributed by atoms with Gasteiger partial charge in [0.05, 0.1) is 6.10 Å². The van der Waals surface area contributed by atoms with Gasteiger partial charge in [-0.15, -0.1) is 0 Å². The Morgan fingerprint density at radius 3 is 2.39 bits per heavy atom. The standard InChI is InChI=1S/C15H26O3/c1-12(10-15(2,3)4)14(16)18-11-17-13-8-6-5-7-9-13/h13H,1,5-11H2,2-4H3. The third kappa shape index (κ3) is 6.20. The Morgan fingerprint density at radius 2 is 1.83 bits per heavy atom. The predicted molar refractivity (Wildman–Crippen MR) is 72.1 cm³/mol. The Bertz CT molecular complexity index is 283. The van der Waals surface area contributed by atoms with Crippen LogP contribution in [0.25, 0.3) is 0 Å². The van der Waals surface area contributed by atoms with Crippen molar-refractivity contribution in [1.29, 1.82) is 0 Å². The van der Waals surface area contributed by atoms with Crippen molar-refractivity contribution in [3.8, 4) is 0 Å². The van der Waals surface area contributed by atoms with Gasteiger partial charge in [0.2, 0.25) is 0 Å². The molecule has 1 saturated carbocycles. The summed E-state index contributed by atoms with van der Waals surface area (Å²) in [4.78, 5) is 11.7. The van der Waals surface area contributed by atoms with E-state index in [4.69, 9.17) is 9.47 Å². The number of rotatable bonds is 5. The van der Waals surface area contributed by atoms with Crippen molar-refractivity contribution in [2.24, 2.45) is 5.41 Å². The average Bonchev–Trinajstić information content (AvgIpc) is 2.28. The molecule has 0 aliphatic heterocycles. The van der Waals surface area contributed by atoms with Crippen LogP contribution < -0.4 is 0 Å². The molecular formula is C15H26O3. The maximum Gasteiger partial charge on any atom is 0.335 e. The Morgan fingerprint density at radius 1 is 1.22 bits per heavy atom. The molecule has 0 atom stereocenters. The van der Waals surface area contributed by atoms with Crippen LogP contribution in [0, 0.1) is 5.41 Å². The number of hydrogen-bond donors (Lipinski definition) is 0. The van der Waals surface area contributed by atoms with E-state index < -0.39 is 0 Å². The van der Waals surface area contributed by atoms with Crippen LogP contribution in [0.5, 0.6) is 0 Å². The number of carbonyl (C=O) groups excluding carboxylic acids is 1. The topological polar surface area (TPSA) is 35.5 Å². The van der Waals surface area contributed by atoms with E-state index in [1.807, 2.05) is 0 Å². The lowest BCUT2D eigenvalue weighted by molar-refractivity contribution is -0.158. The van der Waals surface area contributed by atoms with E-state index in [9.17, 15) is 4.79 Å². The largest absolute Gasteiger partial charge is 0.435 e. The van der Waals surface area contributed by atoms with Crippen molar-refractivity contribution in [2.45, 2.75) is 65.4 Å². The monoisotopic (exact) mass is 254 g/mol. The number of ether oxygens (including phenoxy) is 2. The molecule has 0 aromatic heterocycles. The molecule has 0 unspecified atom stereocenters. The molecular weight excluding hydrogens is 228 g/mol. The second-order valence-electron chi connectivity index (χ2n) is 6.32. The highest BCUT2D eigenvalue weighted by Crippen LogP contribution is 2.24. The molecule has 0 heterocycles. The van der Waals surface area contributed by atoms with E-state index in [-0.39, 0.29) is 24.3 Å². The van der Waals surface area contributed by atoms with Gasteiger partial charge in [-0.25, -0.2) is 4.79 Å². The lowest BCUT2D eigenvalue weighted by Crippen LogP contribution is -2.21. The first kappa shape index (κ1) is 15.2. The van der Waals surface area contributed by atoms with Crippen molar-refractivity contribution in [1.82, 2.24) is 0 Å². The lowest BCUT2D eigenvalue weighted by atomic mass is 9.88. The van der Waals surface area contributed by atoms with Crippen LogP contribution in [0.3, 0.4) is 0 Å². The summed E-state index contributed by atoms with van der Waals surface area (Å²) in [5, 5.41) is 0. The van der Waals surface area contributed by atoms with Gasteiger partial charge in [0.15, 0.2) is 6.79 Å². The van der Waals surface area contributed by atoms with Gasteiger partial charge in [-0.2, -0.15) is 0 Å². The van der Waals surface area contributed by atoms with Gasteiger partial charge in [-0.05, 0) is 24.7 Å². The summed E-state index contributed by atoms with van der Waals surface area (Å²) in [7, 11) is 0. The zero-order chi connectivity index (χ0) is 13.6. The highest BCUT2D eigenvalue weighted by Gasteiger charge is 2.19. The Labute approximate surface area is 111 Å². The smallest absolute Gasteiger partial charge is 0.335 e. The fourth-order valence-corrected chi connectivity index (χ4v) is 2.23. The lowest BCUT2D eigenvalue weighted by Gasteiger charge is -2.22. The normalized spacial score (nSPS) is 17.5. The van der Waals surface area contributed by atoms with E-state index in [1.165, 1.54) is 19.3 Å². The first-order valence-corrected chi connectivity index (χ1v) is 6.85. The van der Waals surface area contributed by atoms with Crippen molar-refractivity contribution in [3.05, 3.63) is 12.2 Å². The zero-order valence-electron chi connectivity index (χ0n) is 12.0. The van der Waals surface area contributed by atoms with Crippen molar-refractivity contribution in [2.75, 3.05) is 6.79 Å². The van der Waals surface area contributed by atoms with Crippen LogP contribution in [-0.2, 0) is 14.3 Å². The molecule has 3 heteroatoms. The second kappa shape index (κ2) is 6.93. The van der Waals surface area contributed by atoms with Crippen LogP contribution in [0.2, 0.25) is 0 Å². The van der Waals surface area contributed by atoms with E-state index in [0.29, 0.717) is 12.0 Å². The maximum absolute atomic E-state index is 11.7. The molecule has 1 rings (SSSR count). The minimum absolute atomic E-state index is 0.0559. The van der Waals surface area contributed by atoms with Crippen LogP contribution >= 0.6 is 0 Å². The molecule has 1 aliphatic rings. The molecule has 104 valence electrons. The van der Waals surface area contributed by atoms with E-state index in [1.54, 1.807) is 0 Å². The molecule has 18 heavy (non-hydrogen) atoms. The fourth-order valence-electron chi connectivity index (χ4n) is 2.23. The van der Waals surface area contributed by atoms with Gasteiger partial charge < -0.3 is 9.47 Å². The van der Waals surface area contributed by atoms with E-state index in [0.717, 1.165) is 12.8 Å². The summed E-state index contributed by atoms with van der Waals surface area (Å²) >= 11 is 0. The molecule has 1 fully saturated rings. The van der Waals surface area contributed by atoms with Gasteiger partial charge in [0, 0.05) is 5.57 Å². The summed E-state index contributed by atoms with van der Waals surface area (Å²) < 4.78 is 10.6. The van der Waals surface area contributed by atoms with E-state index >= 15 is 0 Å². The van der Waals surface area contributed by atoms with Gasteiger partial charge in [0.1, 0.15) is 0 Å². The summed E-state index contributed by atoms with van der Waals surface area (Å²) in [6, 6.07) is 0. The highest BCUT2D eigenvalue weighted by molar-refractivity contribution is 5.87. The van der Waals surface area contributed by atoms with Gasteiger partial charge >= 0.3 is 5.97 Å². The predicted octanol–water partition coefficient (Wildman–Crippen LogP) is 3.83. The minimum atomic E-state index is -0.333. The summed E-state index contributed by atoms with van der Waals surface area (Å²) in [6.07, 6.45) is 6.81. The molecule has 0 aromatic carbocycles. The van der Waals surface area contributed by atoms with Crippen molar-refractivity contribution in [3.63, 3.8) is 0 Å². The molecule has 1 aliphatic carbocycles. The Balaban J connectivity index is 2.18. The molecule has 0 spiro atoms. The molecule has 0 N–H and O–H groups in total. The van der Waals surface area contributed by atoms with Gasteiger partial charge in [0.25, 0.3) is 0 Å². The summed E-state index contributed by atoms with van der Waals surface area (Å²) in [5.41, 5.74) is 0.579. The van der Waals surface area contributed by atoms with Crippen LogP contribution in [0.4, 0.5) is 0 Å². The van der Waals surface area contributed by atoms with Crippen LogP contribution in [0.1, 0.15) is 59.3 Å². The zero-order valence-corrected chi connectivity index (χ0v) is 12.0. The quantitative estimate of drug-likeness (QED) is 0.425.